The quantitative estimate of drug-likeness (QED) is 0.802. The number of carbonyl (C=O) groups is 1. The van der Waals surface area contributed by atoms with Crippen molar-refractivity contribution in [2.24, 2.45) is 5.92 Å². The van der Waals surface area contributed by atoms with Crippen molar-refractivity contribution >= 4 is 17.2 Å². The first-order valence-electron chi connectivity index (χ1n) is 8.74. The number of carbonyl (C=O) groups excluding carboxylic acids is 1. The molecule has 3 rings (SSSR count). The Bertz CT molecular complexity index is 716. The third kappa shape index (κ3) is 4.10. The highest BCUT2D eigenvalue weighted by atomic mass is 32.1. The van der Waals surface area contributed by atoms with Crippen molar-refractivity contribution in [1.82, 2.24) is 9.80 Å². The minimum atomic E-state index is -0.212. The standard InChI is InChI=1S/C20H25FN2OS/c1-14(2)22(3)11-16-12-23(20(24)19-8-5-9-25-19)13-18(16)15-6-4-7-17(21)10-15/h4-10,14,16,18H,11-13H2,1-3H3. The Hall–Kier alpha value is -1.72. The molecule has 5 heteroatoms. The van der Waals surface area contributed by atoms with E-state index in [-0.39, 0.29) is 17.6 Å². The van der Waals surface area contributed by atoms with Gasteiger partial charge >= 0.3 is 0 Å². The number of halogens is 1. The second kappa shape index (κ2) is 7.67. The summed E-state index contributed by atoms with van der Waals surface area (Å²) >= 11 is 1.48. The van der Waals surface area contributed by atoms with E-state index >= 15 is 0 Å². The number of likely N-dealkylation sites (tertiary alicyclic amines) is 1. The Morgan fingerprint density at radius 2 is 2.12 bits per heavy atom. The first-order valence-corrected chi connectivity index (χ1v) is 9.62. The van der Waals surface area contributed by atoms with E-state index in [0.717, 1.165) is 23.5 Å². The maximum atomic E-state index is 13.7. The molecule has 0 spiro atoms. The zero-order valence-corrected chi connectivity index (χ0v) is 15.8. The largest absolute Gasteiger partial charge is 0.337 e. The number of thiophene rings is 1. The Morgan fingerprint density at radius 3 is 2.76 bits per heavy atom. The monoisotopic (exact) mass is 360 g/mol. The van der Waals surface area contributed by atoms with Gasteiger partial charge in [0.1, 0.15) is 5.82 Å². The summed E-state index contributed by atoms with van der Waals surface area (Å²) in [5, 5.41) is 1.93. The number of amides is 1. The van der Waals surface area contributed by atoms with Crippen LogP contribution in [0.5, 0.6) is 0 Å². The van der Waals surface area contributed by atoms with Gasteiger partial charge in [-0.2, -0.15) is 0 Å². The third-order valence-electron chi connectivity index (χ3n) is 5.14. The second-order valence-corrected chi connectivity index (χ2v) is 8.09. The average Bonchev–Trinajstić information content (AvgIpc) is 3.24. The molecule has 134 valence electrons. The lowest BCUT2D eigenvalue weighted by molar-refractivity contribution is 0.0787. The molecule has 0 radical (unpaired) electrons. The van der Waals surface area contributed by atoms with E-state index in [1.807, 2.05) is 28.5 Å². The molecule has 1 aromatic heterocycles. The van der Waals surface area contributed by atoms with Crippen LogP contribution in [0.4, 0.5) is 4.39 Å². The molecule has 1 fully saturated rings. The molecule has 1 aliphatic heterocycles. The van der Waals surface area contributed by atoms with E-state index in [4.69, 9.17) is 0 Å². The van der Waals surface area contributed by atoms with Crippen LogP contribution >= 0.6 is 11.3 Å². The van der Waals surface area contributed by atoms with Crippen LogP contribution in [-0.4, -0.2) is 48.4 Å². The van der Waals surface area contributed by atoms with Crippen molar-refractivity contribution in [3.05, 3.63) is 58.0 Å². The van der Waals surface area contributed by atoms with E-state index in [0.29, 0.717) is 18.5 Å². The molecule has 1 aliphatic rings. The summed E-state index contributed by atoms with van der Waals surface area (Å²) in [7, 11) is 2.11. The molecular weight excluding hydrogens is 335 g/mol. The zero-order chi connectivity index (χ0) is 18.0. The Labute approximate surface area is 153 Å². The summed E-state index contributed by atoms with van der Waals surface area (Å²) in [6.07, 6.45) is 0. The molecule has 2 unspecified atom stereocenters. The average molecular weight is 360 g/mol. The van der Waals surface area contributed by atoms with Gasteiger partial charge in [-0.3, -0.25) is 4.79 Å². The molecule has 0 bridgehead atoms. The maximum absolute atomic E-state index is 13.7. The summed E-state index contributed by atoms with van der Waals surface area (Å²) in [5.74, 6) is 0.349. The molecule has 25 heavy (non-hydrogen) atoms. The molecule has 0 saturated carbocycles. The fraction of sp³-hybridized carbons (Fsp3) is 0.450. The molecule has 1 saturated heterocycles. The van der Waals surface area contributed by atoms with Crippen LogP contribution in [0.2, 0.25) is 0 Å². The third-order valence-corrected chi connectivity index (χ3v) is 6.00. The van der Waals surface area contributed by atoms with Gasteiger partial charge in [0.25, 0.3) is 5.91 Å². The van der Waals surface area contributed by atoms with Gasteiger partial charge in [0.05, 0.1) is 4.88 Å². The van der Waals surface area contributed by atoms with E-state index in [2.05, 4.69) is 25.8 Å². The van der Waals surface area contributed by atoms with Gasteiger partial charge in [0.15, 0.2) is 0 Å². The molecule has 3 nitrogen and oxygen atoms in total. The highest BCUT2D eigenvalue weighted by Gasteiger charge is 2.37. The van der Waals surface area contributed by atoms with Gasteiger partial charge in [-0.1, -0.05) is 18.2 Å². The molecule has 2 aromatic rings. The summed E-state index contributed by atoms with van der Waals surface area (Å²) in [6.45, 7) is 6.60. The van der Waals surface area contributed by atoms with Crippen molar-refractivity contribution in [1.29, 1.82) is 0 Å². The number of benzene rings is 1. The topological polar surface area (TPSA) is 23.6 Å². The van der Waals surface area contributed by atoms with Crippen LogP contribution in [0.15, 0.2) is 41.8 Å². The molecule has 1 aromatic carbocycles. The van der Waals surface area contributed by atoms with Crippen molar-refractivity contribution in [2.75, 3.05) is 26.7 Å². The minimum Gasteiger partial charge on any atom is -0.337 e. The number of nitrogens with zero attached hydrogens (tertiary/aromatic N) is 2. The van der Waals surface area contributed by atoms with Crippen molar-refractivity contribution in [3.63, 3.8) is 0 Å². The predicted octanol–water partition coefficient (Wildman–Crippen LogP) is 4.08. The number of rotatable bonds is 5. The lowest BCUT2D eigenvalue weighted by atomic mass is 9.88. The maximum Gasteiger partial charge on any atom is 0.263 e. The van der Waals surface area contributed by atoms with E-state index in [1.54, 1.807) is 12.1 Å². The van der Waals surface area contributed by atoms with Crippen molar-refractivity contribution < 1.29 is 9.18 Å². The smallest absolute Gasteiger partial charge is 0.263 e. The van der Waals surface area contributed by atoms with E-state index in [1.165, 1.54) is 17.4 Å². The molecule has 2 atom stereocenters. The Kier molecular flexibility index (Phi) is 5.54. The van der Waals surface area contributed by atoms with Gasteiger partial charge < -0.3 is 9.80 Å². The summed E-state index contributed by atoms with van der Waals surface area (Å²) in [6, 6.07) is 11.1. The van der Waals surface area contributed by atoms with E-state index in [9.17, 15) is 9.18 Å². The van der Waals surface area contributed by atoms with E-state index < -0.39 is 0 Å². The van der Waals surface area contributed by atoms with Crippen LogP contribution in [0, 0.1) is 11.7 Å². The first kappa shape index (κ1) is 18.1. The fourth-order valence-corrected chi connectivity index (χ4v) is 4.16. The van der Waals surface area contributed by atoms with Gasteiger partial charge in [0, 0.05) is 31.6 Å². The van der Waals surface area contributed by atoms with Crippen LogP contribution < -0.4 is 0 Å². The first-order chi connectivity index (χ1) is 12.0. The molecule has 2 heterocycles. The molecular formula is C20H25FN2OS. The van der Waals surface area contributed by atoms with Crippen LogP contribution in [-0.2, 0) is 0 Å². The number of hydrogen-bond donors (Lipinski definition) is 0. The van der Waals surface area contributed by atoms with Crippen molar-refractivity contribution in [2.45, 2.75) is 25.8 Å². The van der Waals surface area contributed by atoms with Crippen LogP contribution in [0.25, 0.3) is 0 Å². The van der Waals surface area contributed by atoms with Gasteiger partial charge in [-0.25, -0.2) is 4.39 Å². The van der Waals surface area contributed by atoms with Gasteiger partial charge in [-0.05, 0) is 56.0 Å². The molecule has 0 aliphatic carbocycles. The summed E-state index contributed by atoms with van der Waals surface area (Å²) < 4.78 is 13.7. The molecule has 0 N–H and O–H groups in total. The highest BCUT2D eigenvalue weighted by Crippen LogP contribution is 2.34. The highest BCUT2D eigenvalue weighted by molar-refractivity contribution is 7.12. The van der Waals surface area contributed by atoms with Gasteiger partial charge in [0.2, 0.25) is 0 Å². The lowest BCUT2D eigenvalue weighted by Gasteiger charge is -2.27. The fourth-order valence-electron chi connectivity index (χ4n) is 3.47. The predicted molar refractivity (Wildman–Crippen MR) is 101 cm³/mol. The van der Waals surface area contributed by atoms with Gasteiger partial charge in [-0.15, -0.1) is 11.3 Å². The number of hydrogen-bond acceptors (Lipinski definition) is 3. The normalized spacial score (nSPS) is 20.6. The second-order valence-electron chi connectivity index (χ2n) is 7.14. The SMILES string of the molecule is CC(C)N(C)CC1CN(C(=O)c2cccs2)CC1c1cccc(F)c1. The minimum absolute atomic E-state index is 0.0890. The molecule has 1 amide bonds. The summed E-state index contributed by atoms with van der Waals surface area (Å²) in [5.41, 5.74) is 0.989. The van der Waals surface area contributed by atoms with Crippen molar-refractivity contribution in [3.8, 4) is 0 Å². The lowest BCUT2D eigenvalue weighted by Crippen LogP contribution is -2.35. The van der Waals surface area contributed by atoms with Crippen LogP contribution in [0.3, 0.4) is 0 Å². The zero-order valence-electron chi connectivity index (χ0n) is 15.0. The Morgan fingerprint density at radius 1 is 1.32 bits per heavy atom. The van der Waals surface area contributed by atoms with Crippen LogP contribution in [0.1, 0.15) is 35.0 Å². The Balaban J connectivity index is 1.83. The summed E-state index contributed by atoms with van der Waals surface area (Å²) in [4.78, 5) is 17.8.